The molecule has 4 heteroatoms. The highest BCUT2D eigenvalue weighted by molar-refractivity contribution is 9.11. The molecule has 0 aliphatic heterocycles. The Morgan fingerprint density at radius 1 is 1.50 bits per heavy atom. The molecule has 0 radical (unpaired) electrons. The fraction of sp³-hybridized carbons (Fsp3) is 0. The molecule has 0 fully saturated rings. The van der Waals surface area contributed by atoms with Crippen molar-refractivity contribution in [1.82, 2.24) is 0 Å². The molecule has 1 aromatic rings. The van der Waals surface area contributed by atoms with Crippen LogP contribution in [0.2, 0.25) is 0 Å². The van der Waals surface area contributed by atoms with Crippen LogP contribution in [0.1, 0.15) is 0 Å². The number of hydrogen-bond acceptors (Lipinski definition) is 3. The van der Waals surface area contributed by atoms with E-state index >= 15 is 0 Å². The Morgan fingerprint density at radius 2 is 2.12 bits per heavy atom. The Balaban J connectivity index is 3.19. The highest BCUT2D eigenvalue weighted by Crippen LogP contribution is 2.31. The van der Waals surface area contributed by atoms with Gasteiger partial charge in [-0.15, -0.1) is 11.3 Å². The second-order valence-corrected chi connectivity index (χ2v) is 3.58. The van der Waals surface area contributed by atoms with Crippen molar-refractivity contribution in [3.05, 3.63) is 9.17 Å². The zero-order chi connectivity index (χ0) is 6.15. The quantitative estimate of drug-likeness (QED) is 0.658. The van der Waals surface area contributed by atoms with Gasteiger partial charge in [-0.1, -0.05) is 0 Å². The molecule has 44 valence electrons. The van der Waals surface area contributed by atoms with Crippen LogP contribution in [0.15, 0.2) is 9.17 Å². The molecule has 0 aliphatic carbocycles. The predicted molar refractivity (Wildman–Crippen MR) is 40.8 cm³/mol. The minimum absolute atomic E-state index is 0.648. The number of rotatable bonds is 0. The maximum atomic E-state index is 5.44. The van der Waals surface area contributed by atoms with E-state index in [2.05, 4.69) is 15.9 Å². The molecule has 0 saturated carbocycles. The van der Waals surface area contributed by atoms with Crippen LogP contribution >= 0.6 is 27.3 Å². The van der Waals surface area contributed by atoms with Crippen LogP contribution in [-0.4, -0.2) is 0 Å². The third kappa shape index (κ3) is 0.809. The SMILES string of the molecule is Nc1csc(Br)c1N. The monoisotopic (exact) mass is 192 g/mol. The fourth-order valence-corrected chi connectivity index (χ4v) is 1.47. The van der Waals surface area contributed by atoms with Crippen molar-refractivity contribution in [3.63, 3.8) is 0 Å². The number of thiophene rings is 1. The van der Waals surface area contributed by atoms with Gasteiger partial charge in [0.05, 0.1) is 15.2 Å². The molecule has 0 saturated heterocycles. The molecular formula is C4H5BrN2S. The van der Waals surface area contributed by atoms with E-state index in [0.29, 0.717) is 11.4 Å². The average molecular weight is 193 g/mol. The van der Waals surface area contributed by atoms with Crippen LogP contribution in [0.4, 0.5) is 11.4 Å². The Bertz CT molecular complexity index is 176. The average Bonchev–Trinajstić information content (AvgIpc) is 1.98. The van der Waals surface area contributed by atoms with Crippen molar-refractivity contribution in [3.8, 4) is 0 Å². The Hall–Kier alpha value is -0.220. The van der Waals surface area contributed by atoms with Gasteiger partial charge in [-0.25, -0.2) is 0 Å². The number of halogens is 1. The third-order valence-corrected chi connectivity index (χ3v) is 2.60. The van der Waals surface area contributed by atoms with Crippen molar-refractivity contribution < 1.29 is 0 Å². The minimum atomic E-state index is 0.648. The second-order valence-electron chi connectivity index (χ2n) is 1.38. The summed E-state index contributed by atoms with van der Waals surface area (Å²) in [5.41, 5.74) is 12.1. The molecule has 4 N–H and O–H groups in total. The smallest absolute Gasteiger partial charge is 0.0949 e. The van der Waals surface area contributed by atoms with Gasteiger partial charge >= 0.3 is 0 Å². The molecule has 0 aromatic carbocycles. The fourth-order valence-electron chi connectivity index (χ4n) is 0.356. The van der Waals surface area contributed by atoms with Gasteiger partial charge in [0.25, 0.3) is 0 Å². The van der Waals surface area contributed by atoms with E-state index in [1.54, 1.807) is 5.38 Å². The molecule has 1 rings (SSSR count). The summed E-state index contributed by atoms with van der Waals surface area (Å²) in [4.78, 5) is 0. The van der Waals surface area contributed by atoms with Crippen molar-refractivity contribution in [1.29, 1.82) is 0 Å². The lowest BCUT2D eigenvalue weighted by atomic mass is 10.5. The van der Waals surface area contributed by atoms with Gasteiger partial charge in [-0.05, 0) is 15.9 Å². The van der Waals surface area contributed by atoms with Crippen LogP contribution in [0, 0.1) is 0 Å². The number of anilines is 2. The zero-order valence-electron chi connectivity index (χ0n) is 4.02. The molecule has 1 heterocycles. The summed E-state index contributed by atoms with van der Waals surface area (Å²) in [5.74, 6) is 0. The maximum Gasteiger partial charge on any atom is 0.0949 e. The summed E-state index contributed by atoms with van der Waals surface area (Å²) in [7, 11) is 0. The molecule has 0 bridgehead atoms. The second kappa shape index (κ2) is 1.95. The predicted octanol–water partition coefficient (Wildman–Crippen LogP) is 1.68. The lowest BCUT2D eigenvalue weighted by Gasteiger charge is -1.86. The first-order valence-corrected chi connectivity index (χ1v) is 3.67. The van der Waals surface area contributed by atoms with Crippen molar-refractivity contribution in [2.45, 2.75) is 0 Å². The van der Waals surface area contributed by atoms with Gasteiger partial charge < -0.3 is 11.5 Å². The van der Waals surface area contributed by atoms with E-state index in [4.69, 9.17) is 11.5 Å². The van der Waals surface area contributed by atoms with E-state index in [-0.39, 0.29) is 0 Å². The summed E-state index contributed by atoms with van der Waals surface area (Å²) < 4.78 is 0.912. The first-order chi connectivity index (χ1) is 3.72. The summed E-state index contributed by atoms with van der Waals surface area (Å²) in [6.45, 7) is 0. The van der Waals surface area contributed by atoms with Crippen LogP contribution in [0.5, 0.6) is 0 Å². The van der Waals surface area contributed by atoms with Gasteiger partial charge in [-0.2, -0.15) is 0 Å². The molecule has 0 aliphatic rings. The van der Waals surface area contributed by atoms with Gasteiger partial charge in [0.1, 0.15) is 0 Å². The van der Waals surface area contributed by atoms with Crippen molar-refractivity contribution in [2.75, 3.05) is 11.5 Å². The zero-order valence-corrected chi connectivity index (χ0v) is 6.42. The molecular weight excluding hydrogens is 188 g/mol. The molecule has 1 aromatic heterocycles. The van der Waals surface area contributed by atoms with Crippen molar-refractivity contribution in [2.24, 2.45) is 0 Å². The largest absolute Gasteiger partial charge is 0.396 e. The molecule has 8 heavy (non-hydrogen) atoms. The standard InChI is InChI=1S/C4H5BrN2S/c5-4-3(7)2(6)1-8-4/h1H,6-7H2. The number of hydrogen-bond donors (Lipinski definition) is 2. The van der Waals surface area contributed by atoms with E-state index in [9.17, 15) is 0 Å². The van der Waals surface area contributed by atoms with Gasteiger partial charge in [0.2, 0.25) is 0 Å². The number of nitrogen functional groups attached to an aromatic ring is 2. The maximum absolute atomic E-state index is 5.44. The van der Waals surface area contributed by atoms with Gasteiger partial charge in [-0.3, -0.25) is 0 Å². The third-order valence-electron chi connectivity index (χ3n) is 0.812. The van der Waals surface area contributed by atoms with E-state index in [1.165, 1.54) is 11.3 Å². The Labute approximate surface area is 59.6 Å². The van der Waals surface area contributed by atoms with Crippen LogP contribution in [0.3, 0.4) is 0 Å². The topological polar surface area (TPSA) is 52.0 Å². The molecule has 0 spiro atoms. The normalized spacial score (nSPS) is 9.62. The lowest BCUT2D eigenvalue weighted by molar-refractivity contribution is 1.80. The van der Waals surface area contributed by atoms with Crippen LogP contribution in [0.25, 0.3) is 0 Å². The summed E-state index contributed by atoms with van der Waals surface area (Å²) in [5, 5.41) is 1.80. The molecule has 0 atom stereocenters. The Kier molecular flexibility index (Phi) is 1.44. The summed E-state index contributed by atoms with van der Waals surface area (Å²) >= 11 is 4.73. The molecule has 0 amide bonds. The van der Waals surface area contributed by atoms with Gasteiger partial charge in [0, 0.05) is 5.38 Å². The van der Waals surface area contributed by atoms with E-state index < -0.39 is 0 Å². The summed E-state index contributed by atoms with van der Waals surface area (Å²) in [6, 6.07) is 0. The first kappa shape index (κ1) is 5.91. The lowest BCUT2D eigenvalue weighted by Crippen LogP contribution is -1.88. The first-order valence-electron chi connectivity index (χ1n) is 1.99. The van der Waals surface area contributed by atoms with E-state index in [0.717, 1.165) is 3.79 Å². The number of nitrogens with two attached hydrogens (primary N) is 2. The van der Waals surface area contributed by atoms with Gasteiger partial charge in [0.15, 0.2) is 0 Å². The van der Waals surface area contributed by atoms with E-state index in [1.807, 2.05) is 0 Å². The molecule has 0 unspecified atom stereocenters. The Morgan fingerprint density at radius 3 is 2.25 bits per heavy atom. The van der Waals surface area contributed by atoms with Crippen LogP contribution in [-0.2, 0) is 0 Å². The van der Waals surface area contributed by atoms with Crippen LogP contribution < -0.4 is 11.5 Å². The highest BCUT2D eigenvalue weighted by atomic mass is 79.9. The highest BCUT2D eigenvalue weighted by Gasteiger charge is 1.99. The minimum Gasteiger partial charge on any atom is -0.396 e. The summed E-state index contributed by atoms with van der Waals surface area (Å²) in [6.07, 6.45) is 0. The molecule has 2 nitrogen and oxygen atoms in total. The van der Waals surface area contributed by atoms with Crippen molar-refractivity contribution >= 4 is 38.6 Å².